The van der Waals surface area contributed by atoms with E-state index in [2.05, 4.69) is 50.9 Å². The minimum atomic E-state index is -0.0880. The zero-order valence-electron chi connectivity index (χ0n) is 14.8. The lowest BCUT2D eigenvalue weighted by Crippen LogP contribution is -2.58. The molecule has 0 radical (unpaired) electrons. The van der Waals surface area contributed by atoms with Crippen molar-refractivity contribution in [2.24, 2.45) is 0 Å². The molecule has 0 aromatic carbocycles. The number of hydrogen-bond donors (Lipinski definition) is 1. The summed E-state index contributed by atoms with van der Waals surface area (Å²) in [4.78, 5) is 16.8. The van der Waals surface area contributed by atoms with E-state index < -0.39 is 0 Å². The molecule has 0 spiro atoms. The number of aryl methyl sites for hydroxylation is 1. The highest BCUT2D eigenvalue weighted by Crippen LogP contribution is 2.20. The van der Waals surface area contributed by atoms with Crippen LogP contribution in [0.2, 0.25) is 0 Å². The van der Waals surface area contributed by atoms with Crippen molar-refractivity contribution < 1.29 is 9.53 Å². The van der Waals surface area contributed by atoms with Gasteiger partial charge in [0.05, 0.1) is 12.2 Å². The van der Waals surface area contributed by atoms with Crippen LogP contribution >= 0.6 is 11.3 Å². The first kappa shape index (κ1) is 18.2. The van der Waals surface area contributed by atoms with Crippen LogP contribution in [0, 0.1) is 6.92 Å². The number of rotatable bonds is 5. The lowest BCUT2D eigenvalue weighted by Gasteiger charge is -2.45. The standard InChI is InChI=1S/C18H28N2O2S/c1-13-10-20(11-14(2)22-13)18(4,5)12-19-17(21)9-8-16-7-6-15(3)23-16/h6-9,13-14H,10-12H2,1-5H3,(H,19,21)/b9-8+/t13-,14-/m1/s1. The second kappa shape index (κ2) is 7.60. The molecule has 4 nitrogen and oxygen atoms in total. The molecule has 23 heavy (non-hydrogen) atoms. The zero-order chi connectivity index (χ0) is 17.0. The van der Waals surface area contributed by atoms with Crippen LogP contribution in [0.4, 0.5) is 0 Å². The third-order valence-corrected chi connectivity index (χ3v) is 5.10. The Bertz CT molecular complexity index is 555. The summed E-state index contributed by atoms with van der Waals surface area (Å²) in [6, 6.07) is 4.09. The van der Waals surface area contributed by atoms with Gasteiger partial charge in [0.1, 0.15) is 0 Å². The minimum absolute atomic E-state index is 0.0431. The van der Waals surface area contributed by atoms with Gasteiger partial charge in [0.15, 0.2) is 0 Å². The molecule has 5 heteroatoms. The molecular formula is C18H28N2O2S. The molecule has 1 fully saturated rings. The molecule has 2 atom stereocenters. The molecule has 1 saturated heterocycles. The fourth-order valence-corrected chi connectivity index (χ4v) is 3.63. The summed E-state index contributed by atoms with van der Waals surface area (Å²) in [5.41, 5.74) is -0.0880. The second-order valence-electron chi connectivity index (χ2n) is 6.97. The first-order valence-electron chi connectivity index (χ1n) is 8.19. The molecule has 0 bridgehead atoms. The summed E-state index contributed by atoms with van der Waals surface area (Å²) in [5.74, 6) is -0.0431. The Morgan fingerprint density at radius 3 is 2.61 bits per heavy atom. The summed E-state index contributed by atoms with van der Waals surface area (Å²) in [7, 11) is 0. The van der Waals surface area contributed by atoms with Crippen LogP contribution in [0.15, 0.2) is 18.2 Å². The lowest BCUT2D eigenvalue weighted by atomic mass is 10.00. The topological polar surface area (TPSA) is 41.6 Å². The number of ether oxygens (including phenoxy) is 1. The van der Waals surface area contributed by atoms with E-state index in [0.717, 1.165) is 18.0 Å². The molecular weight excluding hydrogens is 308 g/mol. The first-order valence-corrected chi connectivity index (χ1v) is 9.01. The molecule has 1 amide bonds. The normalized spacial score (nSPS) is 23.3. The largest absolute Gasteiger partial charge is 0.373 e. The van der Waals surface area contributed by atoms with E-state index in [-0.39, 0.29) is 23.7 Å². The number of carbonyl (C=O) groups excluding carboxylic acids is 1. The summed E-state index contributed by atoms with van der Waals surface area (Å²) < 4.78 is 5.79. The smallest absolute Gasteiger partial charge is 0.244 e. The molecule has 1 aliphatic rings. The summed E-state index contributed by atoms with van der Waals surface area (Å²) in [6.07, 6.45) is 3.96. The Kier molecular flexibility index (Phi) is 6.00. The highest BCUT2D eigenvalue weighted by molar-refractivity contribution is 7.12. The van der Waals surface area contributed by atoms with Crippen LogP contribution in [0.1, 0.15) is 37.4 Å². The monoisotopic (exact) mass is 336 g/mol. The third kappa shape index (κ3) is 5.44. The van der Waals surface area contributed by atoms with Gasteiger partial charge < -0.3 is 10.1 Å². The van der Waals surface area contributed by atoms with Gasteiger partial charge in [-0.3, -0.25) is 9.69 Å². The minimum Gasteiger partial charge on any atom is -0.373 e. The molecule has 0 aliphatic carbocycles. The van der Waals surface area contributed by atoms with E-state index in [1.54, 1.807) is 17.4 Å². The Morgan fingerprint density at radius 2 is 2.04 bits per heavy atom. The van der Waals surface area contributed by atoms with Crippen LogP contribution in [0.25, 0.3) is 6.08 Å². The SMILES string of the molecule is Cc1ccc(/C=C/C(=O)NCC(C)(C)N2C[C@@H](C)O[C@H](C)C2)s1. The molecule has 1 aliphatic heterocycles. The van der Waals surface area contributed by atoms with Crippen molar-refractivity contribution in [1.82, 2.24) is 10.2 Å². The van der Waals surface area contributed by atoms with Crippen molar-refractivity contribution in [3.8, 4) is 0 Å². The van der Waals surface area contributed by atoms with Crippen molar-refractivity contribution >= 4 is 23.3 Å². The van der Waals surface area contributed by atoms with Gasteiger partial charge in [-0.05, 0) is 52.8 Å². The Morgan fingerprint density at radius 1 is 1.39 bits per heavy atom. The van der Waals surface area contributed by atoms with Gasteiger partial charge in [-0.15, -0.1) is 11.3 Å². The summed E-state index contributed by atoms with van der Waals surface area (Å²) >= 11 is 1.69. The van der Waals surface area contributed by atoms with Gasteiger partial charge in [-0.2, -0.15) is 0 Å². The van der Waals surface area contributed by atoms with Gasteiger partial charge in [-0.25, -0.2) is 0 Å². The number of carbonyl (C=O) groups is 1. The van der Waals surface area contributed by atoms with Crippen molar-refractivity contribution in [1.29, 1.82) is 0 Å². The quantitative estimate of drug-likeness (QED) is 0.840. The van der Waals surface area contributed by atoms with Crippen LogP contribution in [-0.4, -0.2) is 48.2 Å². The number of hydrogen-bond acceptors (Lipinski definition) is 4. The van der Waals surface area contributed by atoms with Crippen LogP contribution < -0.4 is 5.32 Å². The van der Waals surface area contributed by atoms with E-state index >= 15 is 0 Å². The van der Waals surface area contributed by atoms with Crippen LogP contribution in [0.3, 0.4) is 0 Å². The molecule has 128 valence electrons. The van der Waals surface area contributed by atoms with Crippen molar-refractivity contribution in [2.45, 2.75) is 52.4 Å². The van der Waals surface area contributed by atoms with Crippen molar-refractivity contribution in [2.75, 3.05) is 19.6 Å². The van der Waals surface area contributed by atoms with Crippen molar-refractivity contribution in [3.05, 3.63) is 28.0 Å². The summed E-state index contributed by atoms with van der Waals surface area (Å²) in [5, 5.41) is 3.02. The molecule has 1 N–H and O–H groups in total. The lowest BCUT2D eigenvalue weighted by molar-refractivity contribution is -0.118. The van der Waals surface area contributed by atoms with E-state index in [9.17, 15) is 4.79 Å². The molecule has 0 saturated carbocycles. The highest BCUT2D eigenvalue weighted by Gasteiger charge is 2.33. The van der Waals surface area contributed by atoms with E-state index in [1.165, 1.54) is 4.88 Å². The molecule has 0 unspecified atom stereocenters. The predicted molar refractivity (Wildman–Crippen MR) is 96.8 cm³/mol. The third-order valence-electron chi connectivity index (χ3n) is 4.13. The average Bonchev–Trinajstić information content (AvgIpc) is 2.88. The Labute approximate surface area is 143 Å². The number of thiophene rings is 1. The number of morpholine rings is 1. The fourth-order valence-electron chi connectivity index (χ4n) is 2.85. The maximum absolute atomic E-state index is 12.0. The number of nitrogens with zero attached hydrogens (tertiary/aromatic N) is 1. The summed E-state index contributed by atoms with van der Waals surface area (Å²) in [6.45, 7) is 13.0. The molecule has 2 heterocycles. The Hall–Kier alpha value is -1.17. The van der Waals surface area contributed by atoms with Gasteiger partial charge in [0.2, 0.25) is 5.91 Å². The maximum atomic E-state index is 12.0. The van der Waals surface area contributed by atoms with Gasteiger partial charge >= 0.3 is 0 Å². The van der Waals surface area contributed by atoms with Gasteiger partial charge in [-0.1, -0.05) is 0 Å². The first-order chi connectivity index (χ1) is 10.8. The highest BCUT2D eigenvalue weighted by atomic mass is 32.1. The van der Waals surface area contributed by atoms with E-state index in [1.807, 2.05) is 12.1 Å². The average molecular weight is 337 g/mol. The maximum Gasteiger partial charge on any atom is 0.244 e. The number of amides is 1. The fraction of sp³-hybridized carbons (Fsp3) is 0.611. The van der Waals surface area contributed by atoms with Crippen LogP contribution in [-0.2, 0) is 9.53 Å². The van der Waals surface area contributed by atoms with E-state index in [0.29, 0.717) is 6.54 Å². The predicted octanol–water partition coefficient (Wildman–Crippen LogP) is 3.07. The molecule has 2 rings (SSSR count). The van der Waals surface area contributed by atoms with Gasteiger partial charge in [0, 0.05) is 41.0 Å². The Balaban J connectivity index is 1.85. The van der Waals surface area contributed by atoms with E-state index in [4.69, 9.17) is 4.74 Å². The molecule has 1 aromatic heterocycles. The number of nitrogens with one attached hydrogen (secondary N) is 1. The second-order valence-corrected chi connectivity index (χ2v) is 8.29. The zero-order valence-corrected chi connectivity index (χ0v) is 15.6. The van der Waals surface area contributed by atoms with Crippen molar-refractivity contribution in [3.63, 3.8) is 0 Å². The molecule has 1 aromatic rings. The van der Waals surface area contributed by atoms with Gasteiger partial charge in [0.25, 0.3) is 0 Å². The van der Waals surface area contributed by atoms with Crippen LogP contribution in [0.5, 0.6) is 0 Å².